The van der Waals surface area contributed by atoms with Crippen molar-refractivity contribution in [2.75, 3.05) is 5.32 Å². The fraction of sp³-hybridized carbons (Fsp3) is 0. The number of benzene rings is 2. The molecule has 3 rings (SSSR count). The highest BCUT2D eigenvalue weighted by atomic mass is 35.5. The van der Waals surface area contributed by atoms with Gasteiger partial charge in [-0.05, 0) is 29.8 Å². The van der Waals surface area contributed by atoms with Gasteiger partial charge in [-0.2, -0.15) is 0 Å². The number of amides is 1. The van der Waals surface area contributed by atoms with Crippen molar-refractivity contribution in [3.05, 3.63) is 68.2 Å². The summed E-state index contributed by atoms with van der Waals surface area (Å²) in [6.45, 7) is 0. The first-order valence-corrected chi connectivity index (χ1v) is 8.49. The highest BCUT2D eigenvalue weighted by molar-refractivity contribution is 7.22. The van der Waals surface area contributed by atoms with Crippen LogP contribution in [0.4, 0.5) is 10.8 Å². The number of carbonyl (C=O) groups excluding carboxylic acids is 1. The average Bonchev–Trinajstić information content (AvgIpc) is 2.95. The van der Waals surface area contributed by atoms with Gasteiger partial charge in [0.25, 0.3) is 5.69 Å². The fourth-order valence-corrected chi connectivity index (χ4v) is 3.40. The molecule has 0 radical (unpaired) electrons. The van der Waals surface area contributed by atoms with E-state index in [2.05, 4.69) is 10.3 Å². The number of halogens is 2. The molecule has 0 unspecified atom stereocenters. The van der Waals surface area contributed by atoms with Crippen LogP contribution in [0.25, 0.3) is 16.3 Å². The van der Waals surface area contributed by atoms with Crippen LogP contribution < -0.4 is 5.32 Å². The van der Waals surface area contributed by atoms with E-state index in [1.165, 1.54) is 18.2 Å². The molecule has 0 aliphatic carbocycles. The Morgan fingerprint density at radius 1 is 1.24 bits per heavy atom. The summed E-state index contributed by atoms with van der Waals surface area (Å²) in [6, 6.07) is 9.29. The van der Waals surface area contributed by atoms with Gasteiger partial charge in [0.1, 0.15) is 0 Å². The van der Waals surface area contributed by atoms with Gasteiger partial charge >= 0.3 is 0 Å². The Morgan fingerprint density at radius 3 is 2.76 bits per heavy atom. The normalized spacial score (nSPS) is 11.1. The van der Waals surface area contributed by atoms with Gasteiger partial charge in [0.05, 0.1) is 15.1 Å². The van der Waals surface area contributed by atoms with E-state index in [1.807, 2.05) is 0 Å². The lowest BCUT2D eigenvalue weighted by atomic mass is 10.2. The van der Waals surface area contributed by atoms with Crippen LogP contribution in [0, 0.1) is 10.1 Å². The summed E-state index contributed by atoms with van der Waals surface area (Å²) < 4.78 is 0.620. The number of anilines is 1. The maximum absolute atomic E-state index is 12.0. The zero-order chi connectivity index (χ0) is 18.0. The molecule has 126 valence electrons. The standard InChI is InChI=1S/C16H9Cl2N3O3S/c17-10-3-1-9(12(18)7-10)2-6-15(22)20-16-19-13-5-4-11(21(23)24)8-14(13)25-16/h1-8H,(H,19,20,22)/b6-2+. The Balaban J connectivity index is 1.75. The van der Waals surface area contributed by atoms with Crippen molar-refractivity contribution in [3.8, 4) is 0 Å². The smallest absolute Gasteiger partial charge is 0.270 e. The Labute approximate surface area is 155 Å². The number of nitro groups is 1. The first kappa shape index (κ1) is 17.3. The van der Waals surface area contributed by atoms with Crippen LogP contribution in [0.5, 0.6) is 0 Å². The molecule has 0 aliphatic heterocycles. The van der Waals surface area contributed by atoms with Crippen molar-refractivity contribution in [2.45, 2.75) is 0 Å². The number of nitro benzene ring substituents is 1. The molecule has 0 saturated heterocycles. The molecule has 0 fully saturated rings. The van der Waals surface area contributed by atoms with Crippen LogP contribution >= 0.6 is 34.5 Å². The zero-order valence-corrected chi connectivity index (χ0v) is 14.7. The molecule has 0 aliphatic rings. The van der Waals surface area contributed by atoms with Gasteiger partial charge in [0.15, 0.2) is 5.13 Å². The van der Waals surface area contributed by atoms with Crippen LogP contribution in [0.2, 0.25) is 10.0 Å². The molecule has 0 saturated carbocycles. The fourth-order valence-electron chi connectivity index (χ4n) is 2.03. The number of aromatic nitrogens is 1. The predicted molar refractivity (Wildman–Crippen MR) is 100 cm³/mol. The van der Waals surface area contributed by atoms with Crippen molar-refractivity contribution in [1.29, 1.82) is 0 Å². The summed E-state index contributed by atoms with van der Waals surface area (Å²) in [7, 11) is 0. The Kier molecular flexibility index (Phi) is 4.98. The molecule has 3 aromatic rings. The van der Waals surface area contributed by atoms with Crippen molar-refractivity contribution in [3.63, 3.8) is 0 Å². The SMILES string of the molecule is O=C(/C=C/c1ccc(Cl)cc1Cl)Nc1nc2ccc([N+](=O)[O-])cc2s1. The molecule has 25 heavy (non-hydrogen) atoms. The summed E-state index contributed by atoms with van der Waals surface area (Å²) >= 11 is 13.0. The van der Waals surface area contributed by atoms with Gasteiger partial charge in [-0.1, -0.05) is 40.6 Å². The third-order valence-electron chi connectivity index (χ3n) is 3.19. The summed E-state index contributed by atoms with van der Waals surface area (Å²) in [5.41, 5.74) is 1.21. The molecule has 1 aromatic heterocycles. The van der Waals surface area contributed by atoms with E-state index < -0.39 is 4.92 Å². The molecule has 2 aromatic carbocycles. The van der Waals surface area contributed by atoms with Gasteiger partial charge in [-0.25, -0.2) is 4.98 Å². The summed E-state index contributed by atoms with van der Waals surface area (Å²) in [5.74, 6) is -0.389. The van der Waals surface area contributed by atoms with E-state index in [0.717, 1.165) is 11.3 Å². The van der Waals surface area contributed by atoms with E-state index in [4.69, 9.17) is 23.2 Å². The topological polar surface area (TPSA) is 85.1 Å². The molecule has 6 nitrogen and oxygen atoms in total. The van der Waals surface area contributed by atoms with Gasteiger partial charge in [-0.3, -0.25) is 20.2 Å². The van der Waals surface area contributed by atoms with Gasteiger partial charge in [0, 0.05) is 28.3 Å². The molecule has 0 atom stereocenters. The number of hydrogen-bond acceptors (Lipinski definition) is 5. The Morgan fingerprint density at radius 2 is 2.04 bits per heavy atom. The van der Waals surface area contributed by atoms with E-state index in [1.54, 1.807) is 30.3 Å². The first-order valence-electron chi connectivity index (χ1n) is 6.91. The number of rotatable bonds is 4. The number of hydrogen-bond donors (Lipinski definition) is 1. The van der Waals surface area contributed by atoms with Crippen LogP contribution in [0.3, 0.4) is 0 Å². The molecule has 0 spiro atoms. The number of nitrogens with one attached hydrogen (secondary N) is 1. The molecule has 1 heterocycles. The highest BCUT2D eigenvalue weighted by Crippen LogP contribution is 2.29. The Hall–Kier alpha value is -2.48. The van der Waals surface area contributed by atoms with Crippen LogP contribution in [0.1, 0.15) is 5.56 Å². The maximum Gasteiger partial charge on any atom is 0.270 e. The lowest BCUT2D eigenvalue weighted by Gasteiger charge is -1.99. The second-order valence-corrected chi connectivity index (χ2v) is 6.79. The third kappa shape index (κ3) is 4.14. The molecular weight excluding hydrogens is 385 g/mol. The highest BCUT2D eigenvalue weighted by Gasteiger charge is 2.11. The third-order valence-corrected chi connectivity index (χ3v) is 4.69. The predicted octanol–water partition coefficient (Wildman–Crippen LogP) is 5.16. The zero-order valence-electron chi connectivity index (χ0n) is 12.4. The molecule has 9 heteroatoms. The molecular formula is C16H9Cl2N3O3S. The minimum atomic E-state index is -0.476. The van der Waals surface area contributed by atoms with Gasteiger partial charge in [-0.15, -0.1) is 0 Å². The molecule has 1 amide bonds. The summed E-state index contributed by atoms with van der Waals surface area (Å²) in [5, 5.41) is 14.7. The van der Waals surface area contributed by atoms with Crippen molar-refractivity contribution >= 4 is 67.6 Å². The van der Waals surface area contributed by atoms with Gasteiger partial charge in [0.2, 0.25) is 5.91 Å². The summed E-state index contributed by atoms with van der Waals surface area (Å²) in [4.78, 5) is 26.5. The Bertz CT molecular complexity index is 1020. The molecule has 0 bridgehead atoms. The summed E-state index contributed by atoms with van der Waals surface area (Å²) in [6.07, 6.45) is 2.88. The second-order valence-electron chi connectivity index (χ2n) is 4.92. The van der Waals surface area contributed by atoms with E-state index >= 15 is 0 Å². The van der Waals surface area contributed by atoms with Gasteiger partial charge < -0.3 is 0 Å². The first-order chi connectivity index (χ1) is 11.9. The monoisotopic (exact) mass is 393 g/mol. The minimum absolute atomic E-state index is 0.0219. The van der Waals surface area contributed by atoms with Crippen molar-refractivity contribution in [2.24, 2.45) is 0 Å². The largest absolute Gasteiger partial charge is 0.298 e. The lowest BCUT2D eigenvalue weighted by Crippen LogP contribution is -2.07. The number of nitrogens with zero attached hydrogens (tertiary/aromatic N) is 2. The molecule has 1 N–H and O–H groups in total. The lowest BCUT2D eigenvalue weighted by molar-refractivity contribution is -0.384. The second kappa shape index (κ2) is 7.18. The number of non-ortho nitro benzene ring substituents is 1. The van der Waals surface area contributed by atoms with Crippen LogP contribution in [-0.2, 0) is 4.79 Å². The average molecular weight is 394 g/mol. The number of thiazole rings is 1. The number of fused-ring (bicyclic) bond motifs is 1. The van der Waals surface area contributed by atoms with E-state index in [0.29, 0.717) is 31.0 Å². The van der Waals surface area contributed by atoms with Crippen molar-refractivity contribution < 1.29 is 9.72 Å². The minimum Gasteiger partial charge on any atom is -0.298 e. The van der Waals surface area contributed by atoms with E-state index in [9.17, 15) is 14.9 Å². The maximum atomic E-state index is 12.0. The van der Waals surface area contributed by atoms with E-state index in [-0.39, 0.29) is 11.6 Å². The quantitative estimate of drug-likeness (QED) is 0.376. The van der Waals surface area contributed by atoms with Crippen molar-refractivity contribution in [1.82, 2.24) is 4.98 Å². The number of carbonyl (C=O) groups is 1. The van der Waals surface area contributed by atoms with Crippen LogP contribution in [-0.4, -0.2) is 15.8 Å². The van der Waals surface area contributed by atoms with Crippen LogP contribution in [0.15, 0.2) is 42.5 Å².